The van der Waals surface area contributed by atoms with Gasteiger partial charge in [-0.25, -0.2) is 9.66 Å². The van der Waals surface area contributed by atoms with Gasteiger partial charge in [0.1, 0.15) is 6.23 Å². The van der Waals surface area contributed by atoms with Crippen LogP contribution in [0.15, 0.2) is 29.2 Å². The van der Waals surface area contributed by atoms with Crippen LogP contribution in [0.2, 0.25) is 0 Å². The molecule has 90 valence electrons. The van der Waals surface area contributed by atoms with Gasteiger partial charge in [-0.2, -0.15) is 0 Å². The lowest BCUT2D eigenvalue weighted by Gasteiger charge is -2.15. The molecule has 5 nitrogen and oxygen atoms in total. The first-order valence-electron chi connectivity index (χ1n) is 5.57. The van der Waals surface area contributed by atoms with E-state index in [0.717, 1.165) is 5.39 Å². The summed E-state index contributed by atoms with van der Waals surface area (Å²) >= 11 is 0. The number of aryl methyl sites for hydroxylation is 1. The number of rotatable bonds is 3. The summed E-state index contributed by atoms with van der Waals surface area (Å²) in [6.07, 6.45) is 1.45. The van der Waals surface area contributed by atoms with Crippen LogP contribution in [0.4, 0.5) is 0 Å². The first kappa shape index (κ1) is 11.6. The van der Waals surface area contributed by atoms with Gasteiger partial charge in [0.15, 0.2) is 5.65 Å². The Kier molecular flexibility index (Phi) is 3.10. The van der Waals surface area contributed by atoms with E-state index in [1.54, 1.807) is 13.1 Å². The van der Waals surface area contributed by atoms with Crippen LogP contribution in [0.1, 0.15) is 19.4 Å². The molecule has 0 amide bonds. The molecule has 2 aromatic rings. The third kappa shape index (κ3) is 2.14. The molecule has 1 unspecified atom stereocenters. The van der Waals surface area contributed by atoms with E-state index in [2.05, 4.69) is 10.4 Å². The van der Waals surface area contributed by atoms with Gasteiger partial charge >= 0.3 is 0 Å². The lowest BCUT2D eigenvalue weighted by atomic mass is 10.2. The van der Waals surface area contributed by atoms with Crippen molar-refractivity contribution in [1.29, 1.82) is 0 Å². The van der Waals surface area contributed by atoms with E-state index in [9.17, 15) is 9.90 Å². The number of aromatic nitrogens is 2. The molecular formula is C12H15N3O2. The second kappa shape index (κ2) is 4.55. The lowest BCUT2D eigenvalue weighted by Crippen LogP contribution is -2.36. The van der Waals surface area contributed by atoms with Crippen molar-refractivity contribution in [1.82, 2.24) is 9.66 Å². The standard InChI is InChI=1S/C12H15N3O2/c1-3-9-7-10-5-4-6-13-11(10)15(12(9)17)14-8(2)16/h4-8,14,16H,3H2,1-2H3. The van der Waals surface area contributed by atoms with Crippen LogP contribution in [0.5, 0.6) is 0 Å². The molecule has 1 atom stereocenters. The maximum atomic E-state index is 12.1. The molecule has 0 saturated heterocycles. The minimum Gasteiger partial charge on any atom is -0.373 e. The molecule has 0 radical (unpaired) electrons. The van der Waals surface area contributed by atoms with Crippen LogP contribution in [-0.2, 0) is 6.42 Å². The summed E-state index contributed by atoms with van der Waals surface area (Å²) in [6.45, 7) is 3.48. The fourth-order valence-corrected chi connectivity index (χ4v) is 1.76. The van der Waals surface area contributed by atoms with E-state index in [4.69, 9.17) is 0 Å². The molecule has 0 spiro atoms. The van der Waals surface area contributed by atoms with E-state index >= 15 is 0 Å². The van der Waals surface area contributed by atoms with Gasteiger partial charge in [-0.1, -0.05) is 6.92 Å². The largest absolute Gasteiger partial charge is 0.373 e. The second-order valence-electron chi connectivity index (χ2n) is 3.89. The molecule has 0 aliphatic carbocycles. The minimum atomic E-state index is -0.815. The number of hydrogen-bond acceptors (Lipinski definition) is 4. The maximum Gasteiger partial charge on any atom is 0.274 e. The molecule has 0 saturated carbocycles. The first-order valence-corrected chi connectivity index (χ1v) is 5.57. The van der Waals surface area contributed by atoms with E-state index in [1.165, 1.54) is 4.68 Å². The van der Waals surface area contributed by atoms with Crippen molar-refractivity contribution >= 4 is 11.0 Å². The number of fused-ring (bicyclic) bond motifs is 1. The van der Waals surface area contributed by atoms with Crippen LogP contribution in [0, 0.1) is 0 Å². The average molecular weight is 233 g/mol. The Morgan fingerprint density at radius 1 is 1.59 bits per heavy atom. The first-order chi connectivity index (χ1) is 8.13. The maximum absolute atomic E-state index is 12.1. The molecular weight excluding hydrogens is 218 g/mol. The quantitative estimate of drug-likeness (QED) is 0.771. The summed E-state index contributed by atoms with van der Waals surface area (Å²) in [6, 6.07) is 5.55. The minimum absolute atomic E-state index is 0.167. The lowest BCUT2D eigenvalue weighted by molar-refractivity contribution is 0.208. The van der Waals surface area contributed by atoms with Gasteiger partial charge in [-0.3, -0.25) is 10.2 Å². The van der Waals surface area contributed by atoms with Gasteiger partial charge in [0.25, 0.3) is 5.56 Å². The summed E-state index contributed by atoms with van der Waals surface area (Å²) in [5, 5.41) is 10.2. The van der Waals surface area contributed by atoms with E-state index in [-0.39, 0.29) is 5.56 Å². The van der Waals surface area contributed by atoms with Crippen molar-refractivity contribution in [2.75, 3.05) is 5.43 Å². The molecule has 0 bridgehead atoms. The van der Waals surface area contributed by atoms with Crippen molar-refractivity contribution in [3.63, 3.8) is 0 Å². The summed E-state index contributed by atoms with van der Waals surface area (Å²) < 4.78 is 1.30. The molecule has 2 aromatic heterocycles. The molecule has 2 heterocycles. The Bertz CT molecular complexity index is 590. The highest BCUT2D eigenvalue weighted by molar-refractivity contribution is 5.75. The van der Waals surface area contributed by atoms with Gasteiger partial charge in [0, 0.05) is 17.1 Å². The van der Waals surface area contributed by atoms with Crippen LogP contribution in [0.3, 0.4) is 0 Å². The van der Waals surface area contributed by atoms with Gasteiger partial charge in [-0.15, -0.1) is 0 Å². The van der Waals surface area contributed by atoms with Crippen molar-refractivity contribution in [2.24, 2.45) is 0 Å². The Hall–Kier alpha value is -1.88. The fraction of sp³-hybridized carbons (Fsp3) is 0.333. The number of aliphatic hydroxyl groups excluding tert-OH is 1. The van der Waals surface area contributed by atoms with Gasteiger partial charge in [0.05, 0.1) is 0 Å². The Morgan fingerprint density at radius 2 is 2.35 bits per heavy atom. The van der Waals surface area contributed by atoms with Gasteiger partial charge in [0.2, 0.25) is 0 Å². The smallest absolute Gasteiger partial charge is 0.274 e. The number of nitrogens with one attached hydrogen (secondary N) is 1. The van der Waals surface area contributed by atoms with E-state index in [1.807, 2.05) is 25.1 Å². The molecule has 5 heteroatoms. The zero-order valence-electron chi connectivity index (χ0n) is 9.84. The summed E-state index contributed by atoms with van der Waals surface area (Å²) in [5.74, 6) is 0. The highest BCUT2D eigenvalue weighted by Gasteiger charge is 2.09. The third-order valence-electron chi connectivity index (χ3n) is 2.53. The van der Waals surface area contributed by atoms with Crippen LogP contribution >= 0.6 is 0 Å². The molecule has 0 aromatic carbocycles. The summed E-state index contributed by atoms with van der Waals surface area (Å²) in [5.41, 5.74) is 3.74. The van der Waals surface area contributed by atoms with Gasteiger partial charge in [-0.05, 0) is 31.5 Å². The third-order valence-corrected chi connectivity index (χ3v) is 2.53. The fourth-order valence-electron chi connectivity index (χ4n) is 1.76. The van der Waals surface area contributed by atoms with Crippen molar-refractivity contribution in [3.8, 4) is 0 Å². The van der Waals surface area contributed by atoms with Crippen molar-refractivity contribution < 1.29 is 5.11 Å². The number of nitrogens with zero attached hydrogens (tertiary/aromatic N) is 2. The number of hydrogen-bond donors (Lipinski definition) is 2. The number of pyridine rings is 2. The molecule has 17 heavy (non-hydrogen) atoms. The van der Waals surface area contributed by atoms with Crippen molar-refractivity contribution in [2.45, 2.75) is 26.5 Å². The molecule has 0 aliphatic rings. The van der Waals surface area contributed by atoms with Crippen molar-refractivity contribution in [3.05, 3.63) is 40.3 Å². The van der Waals surface area contributed by atoms with Crippen LogP contribution in [-0.4, -0.2) is 21.0 Å². The molecule has 0 aliphatic heterocycles. The molecule has 2 N–H and O–H groups in total. The second-order valence-corrected chi connectivity index (χ2v) is 3.89. The number of aliphatic hydroxyl groups is 1. The van der Waals surface area contributed by atoms with Gasteiger partial charge < -0.3 is 5.11 Å². The van der Waals surface area contributed by atoms with E-state index in [0.29, 0.717) is 17.6 Å². The Labute approximate surface area is 98.7 Å². The Morgan fingerprint density at radius 3 is 3.00 bits per heavy atom. The highest BCUT2D eigenvalue weighted by atomic mass is 16.3. The van der Waals surface area contributed by atoms with Crippen LogP contribution < -0.4 is 11.0 Å². The summed E-state index contributed by atoms with van der Waals surface area (Å²) in [4.78, 5) is 16.3. The Balaban J connectivity index is 2.75. The summed E-state index contributed by atoms with van der Waals surface area (Å²) in [7, 11) is 0. The average Bonchev–Trinajstić information content (AvgIpc) is 2.32. The zero-order chi connectivity index (χ0) is 12.4. The normalized spacial score (nSPS) is 12.6. The zero-order valence-corrected chi connectivity index (χ0v) is 9.84. The monoisotopic (exact) mass is 233 g/mol. The van der Waals surface area contributed by atoms with E-state index < -0.39 is 6.23 Å². The molecule has 0 fully saturated rings. The SMILES string of the molecule is CCc1cc2cccnc2n(NC(C)O)c1=O. The topological polar surface area (TPSA) is 67.2 Å². The highest BCUT2D eigenvalue weighted by Crippen LogP contribution is 2.10. The van der Waals surface area contributed by atoms with Crippen LogP contribution in [0.25, 0.3) is 11.0 Å². The predicted molar refractivity (Wildman–Crippen MR) is 66.4 cm³/mol. The molecule has 2 rings (SSSR count). The predicted octanol–water partition coefficient (Wildman–Crippen LogP) is 0.841.